The van der Waals surface area contributed by atoms with Gasteiger partial charge in [-0.25, -0.2) is 4.98 Å². The Bertz CT molecular complexity index is 611. The summed E-state index contributed by atoms with van der Waals surface area (Å²) in [5, 5.41) is 10.8. The standard InChI is InChI=1S/C17H22N2O/c1-12-7-8-19(10-13(12)2)17-15(11-20)9-14-5-3-4-6-16(14)18-17/h3-6,9,12-13,20H,7-8,10-11H2,1-2H3. The highest BCUT2D eigenvalue weighted by atomic mass is 16.3. The van der Waals surface area contributed by atoms with E-state index < -0.39 is 0 Å². The van der Waals surface area contributed by atoms with Crippen molar-refractivity contribution in [3.63, 3.8) is 0 Å². The number of hydrogen-bond donors (Lipinski definition) is 1. The molecule has 0 spiro atoms. The average Bonchev–Trinajstić information content (AvgIpc) is 2.48. The van der Waals surface area contributed by atoms with Crippen molar-refractivity contribution in [2.24, 2.45) is 11.8 Å². The van der Waals surface area contributed by atoms with Crippen LogP contribution in [0, 0.1) is 11.8 Å². The number of piperidine rings is 1. The Balaban J connectivity index is 2.01. The topological polar surface area (TPSA) is 36.4 Å². The lowest BCUT2D eigenvalue weighted by Crippen LogP contribution is -2.39. The summed E-state index contributed by atoms with van der Waals surface area (Å²) in [6, 6.07) is 10.2. The molecule has 0 saturated carbocycles. The molecule has 0 aliphatic carbocycles. The number of fused-ring (bicyclic) bond motifs is 1. The van der Waals surface area contributed by atoms with Crippen LogP contribution in [-0.4, -0.2) is 23.2 Å². The summed E-state index contributed by atoms with van der Waals surface area (Å²) in [5.74, 6) is 2.40. The number of hydrogen-bond acceptors (Lipinski definition) is 3. The van der Waals surface area contributed by atoms with Crippen LogP contribution < -0.4 is 4.90 Å². The second-order valence-electron chi connectivity index (χ2n) is 6.01. The van der Waals surface area contributed by atoms with Gasteiger partial charge in [-0.05, 0) is 30.4 Å². The van der Waals surface area contributed by atoms with Crippen LogP contribution in [0.1, 0.15) is 25.8 Å². The van der Waals surface area contributed by atoms with Crippen LogP contribution >= 0.6 is 0 Å². The Kier molecular flexibility index (Phi) is 3.62. The molecular weight excluding hydrogens is 248 g/mol. The molecule has 2 aromatic rings. The lowest BCUT2D eigenvalue weighted by atomic mass is 9.88. The second-order valence-corrected chi connectivity index (χ2v) is 6.01. The Morgan fingerprint density at radius 2 is 2.05 bits per heavy atom. The Morgan fingerprint density at radius 3 is 2.80 bits per heavy atom. The summed E-state index contributed by atoms with van der Waals surface area (Å²) in [4.78, 5) is 7.13. The first-order chi connectivity index (χ1) is 9.69. The summed E-state index contributed by atoms with van der Waals surface area (Å²) in [7, 11) is 0. The zero-order valence-electron chi connectivity index (χ0n) is 12.2. The quantitative estimate of drug-likeness (QED) is 0.910. The number of aliphatic hydroxyl groups excluding tert-OH is 1. The molecule has 2 heterocycles. The highest BCUT2D eigenvalue weighted by Crippen LogP contribution is 2.30. The van der Waals surface area contributed by atoms with Gasteiger partial charge in [0.05, 0.1) is 12.1 Å². The van der Waals surface area contributed by atoms with E-state index in [4.69, 9.17) is 4.98 Å². The minimum Gasteiger partial charge on any atom is -0.392 e. The van der Waals surface area contributed by atoms with E-state index >= 15 is 0 Å². The summed E-state index contributed by atoms with van der Waals surface area (Å²) in [6.07, 6.45) is 1.19. The lowest BCUT2D eigenvalue weighted by Gasteiger charge is -2.37. The van der Waals surface area contributed by atoms with Gasteiger partial charge in [-0.3, -0.25) is 0 Å². The van der Waals surface area contributed by atoms with Crippen molar-refractivity contribution in [2.75, 3.05) is 18.0 Å². The fourth-order valence-corrected chi connectivity index (χ4v) is 2.99. The molecule has 1 saturated heterocycles. The molecule has 1 aliphatic heterocycles. The molecule has 1 fully saturated rings. The van der Waals surface area contributed by atoms with Crippen molar-refractivity contribution >= 4 is 16.7 Å². The normalized spacial score (nSPS) is 23.2. The number of para-hydroxylation sites is 1. The molecule has 3 heteroatoms. The first kappa shape index (κ1) is 13.4. The molecule has 2 atom stereocenters. The van der Waals surface area contributed by atoms with Crippen molar-refractivity contribution in [1.29, 1.82) is 0 Å². The van der Waals surface area contributed by atoms with E-state index in [2.05, 4.69) is 24.8 Å². The van der Waals surface area contributed by atoms with E-state index in [1.165, 1.54) is 6.42 Å². The largest absolute Gasteiger partial charge is 0.392 e. The zero-order valence-corrected chi connectivity index (χ0v) is 12.2. The Labute approximate surface area is 120 Å². The van der Waals surface area contributed by atoms with Gasteiger partial charge in [0.25, 0.3) is 0 Å². The average molecular weight is 270 g/mol. The van der Waals surface area contributed by atoms with E-state index in [-0.39, 0.29) is 6.61 Å². The first-order valence-electron chi connectivity index (χ1n) is 7.43. The van der Waals surface area contributed by atoms with Gasteiger partial charge in [-0.2, -0.15) is 0 Å². The van der Waals surface area contributed by atoms with E-state index in [1.54, 1.807) is 0 Å². The van der Waals surface area contributed by atoms with E-state index in [9.17, 15) is 5.11 Å². The first-order valence-corrected chi connectivity index (χ1v) is 7.43. The smallest absolute Gasteiger partial charge is 0.134 e. The molecule has 1 aromatic heterocycles. The van der Waals surface area contributed by atoms with Crippen LogP contribution in [-0.2, 0) is 6.61 Å². The van der Waals surface area contributed by atoms with Crippen LogP contribution in [0.2, 0.25) is 0 Å². The minimum absolute atomic E-state index is 0.0492. The van der Waals surface area contributed by atoms with Gasteiger partial charge in [-0.1, -0.05) is 32.0 Å². The number of benzene rings is 1. The van der Waals surface area contributed by atoms with Crippen LogP contribution in [0.3, 0.4) is 0 Å². The molecular formula is C17H22N2O. The van der Waals surface area contributed by atoms with Gasteiger partial charge in [0.2, 0.25) is 0 Å². The molecule has 2 unspecified atom stereocenters. The molecule has 1 N–H and O–H groups in total. The third-order valence-corrected chi connectivity index (χ3v) is 4.58. The maximum Gasteiger partial charge on any atom is 0.134 e. The van der Waals surface area contributed by atoms with E-state index in [0.717, 1.165) is 41.3 Å². The molecule has 106 valence electrons. The van der Waals surface area contributed by atoms with Crippen molar-refractivity contribution < 1.29 is 5.11 Å². The summed E-state index contributed by atoms with van der Waals surface area (Å²) in [5.41, 5.74) is 1.94. The number of rotatable bonds is 2. The van der Waals surface area contributed by atoms with Crippen molar-refractivity contribution in [1.82, 2.24) is 4.98 Å². The molecule has 1 aromatic carbocycles. The van der Waals surface area contributed by atoms with Gasteiger partial charge in [-0.15, -0.1) is 0 Å². The molecule has 0 bridgehead atoms. The zero-order chi connectivity index (χ0) is 14.1. The van der Waals surface area contributed by atoms with Crippen LogP contribution in [0.15, 0.2) is 30.3 Å². The molecule has 1 aliphatic rings. The number of anilines is 1. The molecule has 0 amide bonds. The lowest BCUT2D eigenvalue weighted by molar-refractivity contribution is 0.279. The summed E-state index contributed by atoms with van der Waals surface area (Å²) < 4.78 is 0. The monoisotopic (exact) mass is 270 g/mol. The maximum absolute atomic E-state index is 9.66. The summed E-state index contributed by atoms with van der Waals surface area (Å²) in [6.45, 7) is 6.73. The second kappa shape index (κ2) is 5.41. The van der Waals surface area contributed by atoms with Gasteiger partial charge >= 0.3 is 0 Å². The van der Waals surface area contributed by atoms with Crippen molar-refractivity contribution in [3.05, 3.63) is 35.9 Å². The molecule has 20 heavy (non-hydrogen) atoms. The Hall–Kier alpha value is -1.61. The highest BCUT2D eigenvalue weighted by molar-refractivity contribution is 5.81. The van der Waals surface area contributed by atoms with Gasteiger partial charge in [0.1, 0.15) is 5.82 Å². The third kappa shape index (κ3) is 2.38. The number of aliphatic hydroxyl groups is 1. The number of aromatic nitrogens is 1. The van der Waals surface area contributed by atoms with Crippen LogP contribution in [0.25, 0.3) is 10.9 Å². The number of pyridine rings is 1. The third-order valence-electron chi connectivity index (χ3n) is 4.58. The summed E-state index contributed by atoms with van der Waals surface area (Å²) >= 11 is 0. The van der Waals surface area contributed by atoms with Crippen LogP contribution in [0.4, 0.5) is 5.82 Å². The van der Waals surface area contributed by atoms with Gasteiger partial charge in [0, 0.05) is 24.0 Å². The SMILES string of the molecule is CC1CCN(c2nc3ccccc3cc2CO)CC1C. The number of nitrogens with zero attached hydrogens (tertiary/aromatic N) is 2. The Morgan fingerprint density at radius 1 is 1.25 bits per heavy atom. The predicted molar refractivity (Wildman–Crippen MR) is 82.8 cm³/mol. The maximum atomic E-state index is 9.66. The predicted octanol–water partition coefficient (Wildman–Crippen LogP) is 3.21. The minimum atomic E-state index is 0.0492. The molecule has 3 rings (SSSR count). The van der Waals surface area contributed by atoms with E-state index in [1.807, 2.05) is 24.3 Å². The molecule has 0 radical (unpaired) electrons. The fraction of sp³-hybridized carbons (Fsp3) is 0.471. The fourth-order valence-electron chi connectivity index (χ4n) is 2.99. The highest BCUT2D eigenvalue weighted by Gasteiger charge is 2.25. The van der Waals surface area contributed by atoms with Crippen LogP contribution in [0.5, 0.6) is 0 Å². The van der Waals surface area contributed by atoms with Gasteiger partial charge < -0.3 is 10.0 Å². The van der Waals surface area contributed by atoms with E-state index in [0.29, 0.717) is 5.92 Å². The van der Waals surface area contributed by atoms with Crippen molar-refractivity contribution in [2.45, 2.75) is 26.9 Å². The van der Waals surface area contributed by atoms with Crippen molar-refractivity contribution in [3.8, 4) is 0 Å². The molecule has 3 nitrogen and oxygen atoms in total. The van der Waals surface area contributed by atoms with Gasteiger partial charge in [0.15, 0.2) is 0 Å².